The molecule has 31 heavy (non-hydrogen) atoms. The Labute approximate surface area is 185 Å². The fourth-order valence-electron chi connectivity index (χ4n) is 3.42. The normalized spacial score (nSPS) is 13.9. The van der Waals surface area contributed by atoms with Gasteiger partial charge in [0.15, 0.2) is 0 Å². The number of halogens is 2. The van der Waals surface area contributed by atoms with Gasteiger partial charge in [0.25, 0.3) is 5.91 Å². The second kappa shape index (κ2) is 9.31. The lowest BCUT2D eigenvalue weighted by molar-refractivity contribution is 0.0746. The zero-order valence-electron chi connectivity index (χ0n) is 17.1. The summed E-state index contributed by atoms with van der Waals surface area (Å²) in [6.45, 7) is 4.59. The van der Waals surface area contributed by atoms with E-state index in [4.69, 9.17) is 16.3 Å². The molecule has 2 aromatic carbocycles. The van der Waals surface area contributed by atoms with Crippen molar-refractivity contribution in [2.75, 3.05) is 31.1 Å². The van der Waals surface area contributed by atoms with Gasteiger partial charge in [0.05, 0.1) is 5.02 Å². The first kappa shape index (κ1) is 21.1. The van der Waals surface area contributed by atoms with E-state index < -0.39 is 5.82 Å². The molecule has 1 aliphatic heterocycles. The summed E-state index contributed by atoms with van der Waals surface area (Å²) in [5.41, 5.74) is 1.92. The number of carbonyl (C=O) groups is 1. The van der Waals surface area contributed by atoms with Crippen LogP contribution in [-0.4, -0.2) is 47.0 Å². The predicted molar refractivity (Wildman–Crippen MR) is 117 cm³/mol. The molecule has 4 rings (SSSR count). The molecule has 0 atom stereocenters. The van der Waals surface area contributed by atoms with Crippen LogP contribution in [-0.2, 0) is 6.42 Å². The molecular weight excluding hydrogens is 419 g/mol. The molecule has 0 unspecified atom stereocenters. The summed E-state index contributed by atoms with van der Waals surface area (Å²) in [5.74, 6) is 0.966. The van der Waals surface area contributed by atoms with Gasteiger partial charge in [0.2, 0.25) is 5.88 Å². The number of aryl methyl sites for hydroxylation is 1. The van der Waals surface area contributed by atoms with E-state index in [0.29, 0.717) is 49.2 Å². The van der Waals surface area contributed by atoms with Crippen molar-refractivity contribution in [1.29, 1.82) is 0 Å². The average Bonchev–Trinajstić information content (AvgIpc) is 2.81. The molecule has 1 fully saturated rings. The lowest BCUT2D eigenvalue weighted by Gasteiger charge is -2.35. The summed E-state index contributed by atoms with van der Waals surface area (Å²) >= 11 is 5.80. The molecule has 1 aromatic heterocycles. The van der Waals surface area contributed by atoms with Crippen LogP contribution in [0, 0.1) is 5.82 Å². The third kappa shape index (κ3) is 4.94. The van der Waals surface area contributed by atoms with Crippen LogP contribution in [0.5, 0.6) is 11.6 Å². The van der Waals surface area contributed by atoms with E-state index in [1.807, 2.05) is 29.2 Å². The molecule has 2 heterocycles. The Morgan fingerprint density at radius 2 is 1.81 bits per heavy atom. The number of benzene rings is 2. The molecule has 1 amide bonds. The Balaban J connectivity index is 1.38. The first-order valence-electron chi connectivity index (χ1n) is 10.1. The largest absolute Gasteiger partial charge is 0.439 e. The van der Waals surface area contributed by atoms with Crippen molar-refractivity contribution < 1.29 is 13.9 Å². The number of hydrogen-bond acceptors (Lipinski definition) is 5. The highest BCUT2D eigenvalue weighted by molar-refractivity contribution is 6.30. The van der Waals surface area contributed by atoms with Crippen LogP contribution in [0.1, 0.15) is 22.8 Å². The lowest BCUT2D eigenvalue weighted by Crippen LogP contribution is -2.49. The Morgan fingerprint density at radius 1 is 1.06 bits per heavy atom. The van der Waals surface area contributed by atoms with Crippen LogP contribution >= 0.6 is 11.6 Å². The third-order valence-corrected chi connectivity index (χ3v) is 5.53. The zero-order valence-corrected chi connectivity index (χ0v) is 17.8. The number of nitrogens with zero attached hydrogens (tertiary/aromatic N) is 4. The summed E-state index contributed by atoms with van der Waals surface area (Å²) in [6, 6.07) is 13.6. The number of carbonyl (C=O) groups excluding carboxylic acids is 1. The summed E-state index contributed by atoms with van der Waals surface area (Å²) in [4.78, 5) is 25.2. The molecule has 160 valence electrons. The number of piperazine rings is 1. The van der Waals surface area contributed by atoms with Gasteiger partial charge in [0, 0.05) is 43.9 Å². The molecule has 0 aliphatic carbocycles. The van der Waals surface area contributed by atoms with Crippen LogP contribution in [0.3, 0.4) is 0 Å². The van der Waals surface area contributed by atoms with Crippen molar-refractivity contribution in [3.8, 4) is 11.6 Å². The number of amides is 1. The van der Waals surface area contributed by atoms with Crippen molar-refractivity contribution in [2.45, 2.75) is 13.3 Å². The molecule has 0 N–H and O–H groups in total. The summed E-state index contributed by atoms with van der Waals surface area (Å²) in [6.07, 6.45) is 2.37. The smallest absolute Gasteiger partial charge is 0.253 e. The molecule has 0 saturated carbocycles. The van der Waals surface area contributed by atoms with Gasteiger partial charge >= 0.3 is 0 Å². The van der Waals surface area contributed by atoms with Crippen molar-refractivity contribution in [3.05, 3.63) is 76.8 Å². The van der Waals surface area contributed by atoms with E-state index in [2.05, 4.69) is 21.8 Å². The highest BCUT2D eigenvalue weighted by Gasteiger charge is 2.23. The SMILES string of the molecule is CCc1ccc(C(=O)N2CCN(c3cc(Oc4ccc(F)c(Cl)c4)ncn3)CC2)cc1. The Kier molecular flexibility index (Phi) is 6.32. The first-order chi connectivity index (χ1) is 15.0. The van der Waals surface area contributed by atoms with Gasteiger partial charge < -0.3 is 14.5 Å². The molecular formula is C23H22ClFN4O2. The number of hydrogen-bond donors (Lipinski definition) is 0. The summed E-state index contributed by atoms with van der Waals surface area (Å²) < 4.78 is 19.0. The fraction of sp³-hybridized carbons (Fsp3) is 0.261. The number of aromatic nitrogens is 2. The van der Waals surface area contributed by atoms with Crippen molar-refractivity contribution in [3.63, 3.8) is 0 Å². The molecule has 0 bridgehead atoms. The van der Waals surface area contributed by atoms with E-state index in [9.17, 15) is 9.18 Å². The maximum Gasteiger partial charge on any atom is 0.253 e. The molecule has 0 spiro atoms. The molecule has 3 aromatic rings. The van der Waals surface area contributed by atoms with Gasteiger partial charge in [-0.2, -0.15) is 0 Å². The highest BCUT2D eigenvalue weighted by Crippen LogP contribution is 2.26. The second-order valence-electron chi connectivity index (χ2n) is 7.22. The van der Waals surface area contributed by atoms with Gasteiger partial charge in [-0.25, -0.2) is 14.4 Å². The summed E-state index contributed by atoms with van der Waals surface area (Å²) in [5, 5.41) is -0.0168. The zero-order chi connectivity index (χ0) is 21.8. The highest BCUT2D eigenvalue weighted by atomic mass is 35.5. The van der Waals surface area contributed by atoms with Gasteiger partial charge in [-0.1, -0.05) is 30.7 Å². The fourth-order valence-corrected chi connectivity index (χ4v) is 3.59. The molecule has 1 saturated heterocycles. The van der Waals surface area contributed by atoms with E-state index in [1.165, 1.54) is 30.1 Å². The molecule has 8 heteroatoms. The Morgan fingerprint density at radius 3 is 2.48 bits per heavy atom. The minimum atomic E-state index is -0.508. The van der Waals surface area contributed by atoms with Crippen molar-refractivity contribution >= 4 is 23.3 Å². The average molecular weight is 441 g/mol. The van der Waals surface area contributed by atoms with Crippen LogP contribution in [0.15, 0.2) is 54.9 Å². The quantitative estimate of drug-likeness (QED) is 0.581. The van der Waals surface area contributed by atoms with E-state index in [0.717, 1.165) is 6.42 Å². The monoisotopic (exact) mass is 440 g/mol. The third-order valence-electron chi connectivity index (χ3n) is 5.24. The van der Waals surface area contributed by atoms with Crippen LogP contribution in [0.25, 0.3) is 0 Å². The minimum absolute atomic E-state index is 0.0168. The van der Waals surface area contributed by atoms with Crippen molar-refractivity contribution in [2.24, 2.45) is 0 Å². The Bertz CT molecular complexity index is 1070. The maximum absolute atomic E-state index is 13.3. The number of anilines is 1. The summed E-state index contributed by atoms with van der Waals surface area (Å²) in [7, 11) is 0. The Hall–Kier alpha value is -3.19. The minimum Gasteiger partial charge on any atom is -0.439 e. The first-order valence-corrected chi connectivity index (χ1v) is 10.5. The number of ether oxygens (including phenoxy) is 1. The number of rotatable bonds is 5. The van der Waals surface area contributed by atoms with Crippen LogP contribution in [0.2, 0.25) is 5.02 Å². The van der Waals surface area contributed by atoms with Gasteiger partial charge in [-0.05, 0) is 36.2 Å². The predicted octanol–water partition coefficient (Wildman–Crippen LogP) is 4.59. The van der Waals surface area contributed by atoms with Gasteiger partial charge in [0.1, 0.15) is 23.7 Å². The van der Waals surface area contributed by atoms with E-state index in [-0.39, 0.29) is 10.9 Å². The lowest BCUT2D eigenvalue weighted by atomic mass is 10.1. The second-order valence-corrected chi connectivity index (χ2v) is 7.63. The van der Waals surface area contributed by atoms with Gasteiger partial charge in [-0.3, -0.25) is 4.79 Å². The molecule has 6 nitrogen and oxygen atoms in total. The van der Waals surface area contributed by atoms with E-state index in [1.54, 1.807) is 6.07 Å². The van der Waals surface area contributed by atoms with Crippen molar-refractivity contribution in [1.82, 2.24) is 14.9 Å². The maximum atomic E-state index is 13.3. The van der Waals surface area contributed by atoms with Gasteiger partial charge in [-0.15, -0.1) is 0 Å². The van der Waals surface area contributed by atoms with Crippen LogP contribution in [0.4, 0.5) is 10.2 Å². The van der Waals surface area contributed by atoms with Crippen LogP contribution < -0.4 is 9.64 Å². The molecule has 1 aliphatic rings. The molecule has 0 radical (unpaired) electrons. The van der Waals surface area contributed by atoms with E-state index >= 15 is 0 Å². The topological polar surface area (TPSA) is 58.6 Å². The standard InChI is InChI=1S/C23H22ClFN4O2/c1-2-16-3-5-17(6-4-16)23(30)29-11-9-28(10-12-29)21-14-22(27-15-26-21)31-18-7-8-20(25)19(24)13-18/h3-8,13-15H,2,9-12H2,1H3.